The number of rotatable bonds is 4. The fourth-order valence-corrected chi connectivity index (χ4v) is 5.30. The summed E-state index contributed by atoms with van der Waals surface area (Å²) in [5, 5.41) is 1.36. The van der Waals surface area contributed by atoms with Crippen LogP contribution >= 0.6 is 11.8 Å². The molecule has 2 aliphatic rings. The number of Topliss-reactive ketones (excluding diaryl/α,β-unsaturated/α-hetero) is 1. The monoisotopic (exact) mass is 306 g/mol. The van der Waals surface area contributed by atoms with E-state index in [0.717, 1.165) is 18.4 Å². The largest absolute Gasteiger partial charge is 0.497 e. The van der Waals surface area contributed by atoms with Gasteiger partial charge < -0.3 is 9.47 Å². The van der Waals surface area contributed by atoms with Crippen LogP contribution in [0.4, 0.5) is 0 Å². The predicted octanol–water partition coefficient (Wildman–Crippen LogP) is 3.95. The Morgan fingerprint density at radius 3 is 2.14 bits per heavy atom. The second kappa shape index (κ2) is 6.30. The van der Waals surface area contributed by atoms with Gasteiger partial charge in [0, 0.05) is 28.0 Å². The maximum atomic E-state index is 12.8. The van der Waals surface area contributed by atoms with E-state index in [0.29, 0.717) is 22.0 Å². The zero-order valence-corrected chi connectivity index (χ0v) is 13.4. The molecule has 1 aromatic carbocycles. The molecule has 2 aliphatic heterocycles. The van der Waals surface area contributed by atoms with Crippen molar-refractivity contribution in [2.24, 2.45) is 5.92 Å². The Kier molecular flexibility index (Phi) is 4.43. The summed E-state index contributed by atoms with van der Waals surface area (Å²) in [6, 6.07) is 5.48. The quantitative estimate of drug-likeness (QED) is 0.789. The Hall–Kier alpha value is -1.16. The second-order valence-corrected chi connectivity index (χ2v) is 7.55. The van der Waals surface area contributed by atoms with E-state index in [1.807, 2.05) is 18.2 Å². The number of hydrogen-bond acceptors (Lipinski definition) is 4. The van der Waals surface area contributed by atoms with Crippen molar-refractivity contribution < 1.29 is 14.3 Å². The average molecular weight is 306 g/mol. The van der Waals surface area contributed by atoms with Gasteiger partial charge in [0.15, 0.2) is 5.78 Å². The first-order valence-corrected chi connectivity index (χ1v) is 8.56. The highest BCUT2D eigenvalue weighted by Crippen LogP contribution is 2.44. The molecule has 1 aromatic rings. The van der Waals surface area contributed by atoms with Crippen LogP contribution in [0.2, 0.25) is 0 Å². The van der Waals surface area contributed by atoms with E-state index in [4.69, 9.17) is 9.47 Å². The van der Waals surface area contributed by atoms with E-state index >= 15 is 0 Å². The van der Waals surface area contributed by atoms with Gasteiger partial charge in [-0.1, -0.05) is 6.42 Å². The molecule has 21 heavy (non-hydrogen) atoms. The van der Waals surface area contributed by atoms with E-state index in [9.17, 15) is 4.79 Å². The van der Waals surface area contributed by atoms with Gasteiger partial charge in [0.2, 0.25) is 0 Å². The van der Waals surface area contributed by atoms with Crippen molar-refractivity contribution in [1.82, 2.24) is 0 Å². The molecular weight excluding hydrogens is 284 g/mol. The molecule has 0 saturated carbocycles. The molecule has 2 saturated heterocycles. The van der Waals surface area contributed by atoms with Crippen molar-refractivity contribution in [2.75, 3.05) is 14.2 Å². The molecule has 2 atom stereocenters. The minimum atomic E-state index is 0.165. The van der Waals surface area contributed by atoms with Crippen LogP contribution < -0.4 is 9.47 Å². The summed E-state index contributed by atoms with van der Waals surface area (Å²) >= 11 is 2.10. The Bertz CT molecular complexity index is 495. The lowest BCUT2D eigenvalue weighted by Crippen LogP contribution is -2.32. The average Bonchev–Trinajstić information content (AvgIpc) is 2.53. The van der Waals surface area contributed by atoms with Crippen molar-refractivity contribution in [3.8, 4) is 11.5 Å². The number of ether oxygens (including phenoxy) is 2. The highest BCUT2D eigenvalue weighted by Gasteiger charge is 2.36. The highest BCUT2D eigenvalue weighted by molar-refractivity contribution is 8.00. The van der Waals surface area contributed by atoms with Gasteiger partial charge >= 0.3 is 0 Å². The van der Waals surface area contributed by atoms with Crippen molar-refractivity contribution in [3.05, 3.63) is 23.8 Å². The highest BCUT2D eigenvalue weighted by atomic mass is 32.2. The summed E-state index contributed by atoms with van der Waals surface area (Å²) in [5.41, 5.74) is 0.723. The van der Waals surface area contributed by atoms with Crippen molar-refractivity contribution >= 4 is 17.5 Å². The van der Waals surface area contributed by atoms with Crippen LogP contribution in [0.5, 0.6) is 11.5 Å². The lowest BCUT2D eigenvalue weighted by Gasteiger charge is -2.38. The van der Waals surface area contributed by atoms with Crippen LogP contribution in [-0.4, -0.2) is 30.5 Å². The van der Waals surface area contributed by atoms with Crippen LogP contribution in [0.3, 0.4) is 0 Å². The van der Waals surface area contributed by atoms with Crippen molar-refractivity contribution in [2.45, 2.75) is 42.6 Å². The van der Waals surface area contributed by atoms with E-state index in [-0.39, 0.29) is 11.7 Å². The number of thioether (sulfide) groups is 1. The fraction of sp³-hybridized carbons (Fsp3) is 0.588. The third-order valence-corrected chi connectivity index (χ3v) is 6.16. The van der Waals surface area contributed by atoms with Gasteiger partial charge in [-0.15, -0.1) is 0 Å². The molecule has 0 amide bonds. The second-order valence-electron chi connectivity index (χ2n) is 5.94. The van der Waals surface area contributed by atoms with E-state index in [1.54, 1.807) is 14.2 Å². The van der Waals surface area contributed by atoms with Crippen LogP contribution in [0.1, 0.15) is 42.5 Å². The van der Waals surface area contributed by atoms with Gasteiger partial charge in [-0.3, -0.25) is 4.79 Å². The molecular formula is C17H22O3S. The molecule has 114 valence electrons. The molecule has 0 aromatic heterocycles. The van der Waals surface area contributed by atoms with Crippen LogP contribution in [0.25, 0.3) is 0 Å². The van der Waals surface area contributed by atoms with Gasteiger partial charge in [0.05, 0.1) is 14.2 Å². The first-order valence-electron chi connectivity index (χ1n) is 7.62. The predicted molar refractivity (Wildman–Crippen MR) is 85.6 cm³/mol. The Labute approximate surface area is 130 Å². The Balaban J connectivity index is 1.81. The van der Waals surface area contributed by atoms with Crippen LogP contribution in [-0.2, 0) is 0 Å². The first kappa shape index (κ1) is 14.8. The third-order valence-electron chi connectivity index (χ3n) is 4.54. The summed E-state index contributed by atoms with van der Waals surface area (Å²) in [4.78, 5) is 12.8. The molecule has 0 spiro atoms. The molecule has 2 bridgehead atoms. The minimum Gasteiger partial charge on any atom is -0.497 e. The number of carbonyl (C=O) groups excluding carboxylic acids is 1. The molecule has 2 fully saturated rings. The van der Waals surface area contributed by atoms with Gasteiger partial charge in [-0.05, 0) is 37.8 Å². The number of fused-ring (bicyclic) bond motifs is 2. The summed E-state index contributed by atoms with van der Waals surface area (Å²) in [6.07, 6.45) is 5.92. The Morgan fingerprint density at radius 1 is 1.05 bits per heavy atom. The maximum Gasteiger partial charge on any atom is 0.166 e. The standard InChI is InChI=1S/C17H22O3S/c1-19-13-6-11(7-14(10-13)20-2)17(18)12-8-15-4-3-5-16(9-12)21-15/h6-7,10,12,15-16H,3-5,8-9H2,1-2H3. The number of benzene rings is 1. The summed E-state index contributed by atoms with van der Waals surface area (Å²) < 4.78 is 10.5. The van der Waals surface area contributed by atoms with Gasteiger partial charge in [0.1, 0.15) is 11.5 Å². The van der Waals surface area contributed by atoms with Gasteiger partial charge in [-0.25, -0.2) is 0 Å². The summed E-state index contributed by atoms with van der Waals surface area (Å²) in [6.45, 7) is 0. The fourth-order valence-electron chi connectivity index (χ4n) is 3.46. The lowest BCUT2D eigenvalue weighted by molar-refractivity contribution is 0.0896. The molecule has 3 rings (SSSR count). The van der Waals surface area contributed by atoms with E-state index < -0.39 is 0 Å². The molecule has 3 nitrogen and oxygen atoms in total. The topological polar surface area (TPSA) is 35.5 Å². The molecule has 0 radical (unpaired) electrons. The zero-order valence-electron chi connectivity index (χ0n) is 12.6. The first-order chi connectivity index (χ1) is 10.2. The molecule has 4 heteroatoms. The Morgan fingerprint density at radius 2 is 1.62 bits per heavy atom. The number of ketones is 1. The third kappa shape index (κ3) is 3.20. The minimum absolute atomic E-state index is 0.165. The number of hydrogen-bond donors (Lipinski definition) is 0. The van der Waals surface area contributed by atoms with Gasteiger partial charge in [-0.2, -0.15) is 11.8 Å². The zero-order chi connectivity index (χ0) is 14.8. The molecule has 0 N–H and O–H groups in total. The summed E-state index contributed by atoms with van der Waals surface area (Å²) in [7, 11) is 3.23. The maximum absolute atomic E-state index is 12.8. The molecule has 0 aliphatic carbocycles. The van der Waals surface area contributed by atoms with E-state index in [1.165, 1.54) is 19.3 Å². The lowest BCUT2D eigenvalue weighted by atomic mass is 9.84. The van der Waals surface area contributed by atoms with Crippen molar-refractivity contribution in [3.63, 3.8) is 0 Å². The van der Waals surface area contributed by atoms with Crippen LogP contribution in [0, 0.1) is 5.92 Å². The smallest absolute Gasteiger partial charge is 0.166 e. The van der Waals surface area contributed by atoms with Gasteiger partial charge in [0.25, 0.3) is 0 Å². The molecule has 2 unspecified atom stereocenters. The van der Waals surface area contributed by atoms with E-state index in [2.05, 4.69) is 11.8 Å². The number of methoxy groups -OCH3 is 2. The van der Waals surface area contributed by atoms with Crippen LogP contribution in [0.15, 0.2) is 18.2 Å². The number of carbonyl (C=O) groups is 1. The summed E-state index contributed by atoms with van der Waals surface area (Å²) in [5.74, 6) is 1.79. The molecule has 2 heterocycles. The SMILES string of the molecule is COc1cc(OC)cc(C(=O)C2CC3CCCC(C2)S3)c1. The van der Waals surface area contributed by atoms with Crippen molar-refractivity contribution in [1.29, 1.82) is 0 Å². The normalized spacial score (nSPS) is 28.0.